The van der Waals surface area contributed by atoms with E-state index in [4.69, 9.17) is 37.0 Å². The van der Waals surface area contributed by atoms with Gasteiger partial charge >= 0.3 is 39.5 Å². The average molecular weight is 1470 g/mol. The monoisotopic (exact) mass is 1470 g/mol. The van der Waals surface area contributed by atoms with Crippen LogP contribution in [0.5, 0.6) is 0 Å². The fraction of sp³-hybridized carbons (Fsp3) is 0.951. The molecule has 0 rings (SSSR count). The predicted molar refractivity (Wildman–Crippen MR) is 409 cm³/mol. The minimum Gasteiger partial charge on any atom is -0.462 e. The predicted octanol–water partition coefficient (Wildman–Crippen LogP) is 24.1. The van der Waals surface area contributed by atoms with Crippen LogP contribution in [0, 0.1) is 17.8 Å². The second kappa shape index (κ2) is 71.3. The Kier molecular flexibility index (Phi) is 69.9. The summed E-state index contributed by atoms with van der Waals surface area (Å²) < 4.78 is 68.7. The van der Waals surface area contributed by atoms with Crippen molar-refractivity contribution >= 4 is 39.5 Å². The number of aliphatic hydroxyl groups is 1. The van der Waals surface area contributed by atoms with E-state index in [9.17, 15) is 43.2 Å². The lowest BCUT2D eigenvalue weighted by molar-refractivity contribution is -0.161. The zero-order chi connectivity index (χ0) is 73.7. The zero-order valence-corrected chi connectivity index (χ0v) is 67.5. The number of hydrogen-bond donors (Lipinski definition) is 3. The molecule has 0 spiro atoms. The highest BCUT2D eigenvalue weighted by Crippen LogP contribution is 2.45. The summed E-state index contributed by atoms with van der Waals surface area (Å²) in [6.07, 6.45) is 59.8. The molecule has 100 heavy (non-hydrogen) atoms. The molecular formula is C81H158O17P2. The minimum absolute atomic E-state index is 0.106. The van der Waals surface area contributed by atoms with E-state index in [1.807, 2.05) is 0 Å². The van der Waals surface area contributed by atoms with Crippen LogP contribution in [0.3, 0.4) is 0 Å². The van der Waals surface area contributed by atoms with Crippen molar-refractivity contribution in [1.82, 2.24) is 0 Å². The van der Waals surface area contributed by atoms with Gasteiger partial charge in [0.15, 0.2) is 12.2 Å². The molecule has 0 bridgehead atoms. The van der Waals surface area contributed by atoms with Crippen LogP contribution in [-0.4, -0.2) is 96.7 Å². The maximum atomic E-state index is 13.1. The summed E-state index contributed by atoms with van der Waals surface area (Å²) >= 11 is 0. The van der Waals surface area contributed by atoms with Gasteiger partial charge in [-0.1, -0.05) is 370 Å². The second-order valence-corrected chi connectivity index (χ2v) is 33.5. The summed E-state index contributed by atoms with van der Waals surface area (Å²) in [5.41, 5.74) is 0. The molecule has 5 atom stereocenters. The standard InChI is InChI=1S/C81H158O17P2/c1-8-9-10-11-12-13-14-15-16-17-18-19-20-21-22-30-35-42-50-57-64-80(85)97-76(68-91-78(83)62-55-48-41-34-29-25-23-27-32-38-45-52-59-72(2)3)70-95-99(87,88)93-66-75(82)67-94-100(89,90)96-71-77(69-92-79(84)63-56-49-44-37-40-47-54-61-74(6)7)98-81(86)65-58-51-43-36-31-26-24-28-33-39-46-53-60-73(4)5/h72-77,82H,8-71H2,1-7H3,(H,87,88)(H,89,90)/t75-,76-,77-/m1/s1. The van der Waals surface area contributed by atoms with Crippen LogP contribution in [0.25, 0.3) is 0 Å². The average Bonchev–Trinajstić information content (AvgIpc) is 3.12. The van der Waals surface area contributed by atoms with Gasteiger partial charge in [-0.15, -0.1) is 0 Å². The Labute approximate surface area is 613 Å². The number of phosphoric ester groups is 2. The van der Waals surface area contributed by atoms with Crippen LogP contribution < -0.4 is 0 Å². The van der Waals surface area contributed by atoms with Crippen molar-refractivity contribution in [3.63, 3.8) is 0 Å². The largest absolute Gasteiger partial charge is 0.472 e. The normalized spacial score (nSPS) is 14.0. The lowest BCUT2D eigenvalue weighted by Crippen LogP contribution is -2.30. The highest BCUT2D eigenvalue weighted by atomic mass is 31.2. The van der Waals surface area contributed by atoms with Crippen LogP contribution in [0.15, 0.2) is 0 Å². The molecule has 0 aromatic carbocycles. The number of ether oxygens (including phenoxy) is 4. The SMILES string of the molecule is CCCCCCCCCCCCCCCCCCCCCCC(=O)O[C@H](COC(=O)CCCCCCCCCCCCCCC(C)C)COP(=O)(O)OC[C@@H](O)COP(=O)(O)OC[C@@H](COC(=O)CCCCCCCCCC(C)C)OC(=O)CCCCCCCCCCCCCCC(C)C. The molecule has 0 aromatic rings. The number of carbonyl (C=O) groups is 4. The smallest absolute Gasteiger partial charge is 0.462 e. The summed E-state index contributed by atoms with van der Waals surface area (Å²) in [5.74, 6) is 0.151. The van der Waals surface area contributed by atoms with E-state index < -0.39 is 97.5 Å². The summed E-state index contributed by atoms with van der Waals surface area (Å²) in [4.78, 5) is 73.0. The Bertz CT molecular complexity index is 1940. The van der Waals surface area contributed by atoms with Crippen molar-refractivity contribution in [1.29, 1.82) is 0 Å². The molecule has 0 fully saturated rings. The Morgan fingerprint density at radius 1 is 0.270 bits per heavy atom. The van der Waals surface area contributed by atoms with Crippen molar-refractivity contribution in [3.05, 3.63) is 0 Å². The van der Waals surface area contributed by atoms with Gasteiger partial charge in [-0.3, -0.25) is 37.3 Å². The first-order valence-electron chi connectivity index (χ1n) is 41.8. The van der Waals surface area contributed by atoms with Crippen LogP contribution in [0.1, 0.15) is 421 Å². The first-order valence-corrected chi connectivity index (χ1v) is 44.8. The molecule has 19 heteroatoms. The highest BCUT2D eigenvalue weighted by Gasteiger charge is 2.30. The molecule has 0 saturated heterocycles. The molecule has 0 aromatic heterocycles. The van der Waals surface area contributed by atoms with Crippen LogP contribution >= 0.6 is 15.6 Å². The van der Waals surface area contributed by atoms with Crippen molar-refractivity contribution < 1.29 is 80.2 Å². The molecule has 0 aliphatic rings. The molecule has 0 aliphatic carbocycles. The Morgan fingerprint density at radius 2 is 0.460 bits per heavy atom. The van der Waals surface area contributed by atoms with Gasteiger partial charge in [-0.2, -0.15) is 0 Å². The maximum absolute atomic E-state index is 13.1. The van der Waals surface area contributed by atoms with E-state index in [0.29, 0.717) is 31.6 Å². The summed E-state index contributed by atoms with van der Waals surface area (Å²) in [7, 11) is -9.92. The van der Waals surface area contributed by atoms with Crippen LogP contribution in [0.2, 0.25) is 0 Å². The van der Waals surface area contributed by atoms with E-state index in [2.05, 4.69) is 48.5 Å². The topological polar surface area (TPSA) is 237 Å². The molecule has 0 heterocycles. The van der Waals surface area contributed by atoms with Crippen LogP contribution in [-0.2, 0) is 65.4 Å². The molecule has 0 amide bonds. The van der Waals surface area contributed by atoms with Crippen molar-refractivity contribution in [3.8, 4) is 0 Å². The van der Waals surface area contributed by atoms with Gasteiger partial charge in [-0.05, 0) is 43.4 Å². The Hall–Kier alpha value is -1.94. The third kappa shape index (κ3) is 74.3. The third-order valence-electron chi connectivity index (χ3n) is 18.9. The minimum atomic E-state index is -4.96. The van der Waals surface area contributed by atoms with Gasteiger partial charge in [0, 0.05) is 25.7 Å². The van der Waals surface area contributed by atoms with Gasteiger partial charge < -0.3 is 33.8 Å². The molecule has 17 nitrogen and oxygen atoms in total. The molecule has 0 aliphatic heterocycles. The highest BCUT2D eigenvalue weighted by molar-refractivity contribution is 7.47. The molecule has 0 saturated carbocycles. The molecule has 594 valence electrons. The van der Waals surface area contributed by atoms with Gasteiger partial charge in [-0.25, -0.2) is 9.13 Å². The number of carbonyl (C=O) groups excluding carboxylic acids is 4. The fourth-order valence-corrected chi connectivity index (χ4v) is 14.1. The van der Waals surface area contributed by atoms with E-state index in [-0.39, 0.29) is 25.7 Å². The number of aliphatic hydroxyl groups excluding tert-OH is 1. The van der Waals surface area contributed by atoms with Crippen LogP contribution in [0.4, 0.5) is 0 Å². The summed E-state index contributed by atoms with van der Waals surface area (Å²) in [6, 6.07) is 0. The van der Waals surface area contributed by atoms with Gasteiger partial charge in [0.25, 0.3) is 0 Å². The van der Waals surface area contributed by atoms with E-state index >= 15 is 0 Å². The number of rotatable bonds is 79. The molecular weight excluding hydrogens is 1310 g/mol. The number of hydrogen-bond acceptors (Lipinski definition) is 15. The number of phosphoric acid groups is 2. The molecule has 0 radical (unpaired) electrons. The summed E-state index contributed by atoms with van der Waals surface area (Å²) in [6.45, 7) is 11.9. The summed E-state index contributed by atoms with van der Waals surface area (Å²) in [5, 5.41) is 10.6. The number of unbranched alkanes of at least 4 members (excludes halogenated alkanes) is 47. The molecule has 2 unspecified atom stereocenters. The fourth-order valence-electron chi connectivity index (χ4n) is 12.5. The van der Waals surface area contributed by atoms with E-state index in [1.54, 1.807) is 0 Å². The van der Waals surface area contributed by atoms with E-state index in [1.165, 1.54) is 225 Å². The third-order valence-corrected chi connectivity index (χ3v) is 20.8. The van der Waals surface area contributed by atoms with Gasteiger partial charge in [0.05, 0.1) is 26.4 Å². The first kappa shape index (κ1) is 98.1. The number of esters is 4. The van der Waals surface area contributed by atoms with Crippen molar-refractivity contribution in [2.45, 2.75) is 439 Å². The Morgan fingerprint density at radius 3 is 0.680 bits per heavy atom. The lowest BCUT2D eigenvalue weighted by Gasteiger charge is -2.21. The second-order valence-electron chi connectivity index (χ2n) is 30.6. The van der Waals surface area contributed by atoms with Gasteiger partial charge in [0.1, 0.15) is 19.3 Å². The quantitative estimate of drug-likeness (QED) is 0.0222. The Balaban J connectivity index is 5.23. The maximum Gasteiger partial charge on any atom is 0.472 e. The van der Waals surface area contributed by atoms with Gasteiger partial charge in [0.2, 0.25) is 0 Å². The lowest BCUT2D eigenvalue weighted by atomic mass is 10.0. The zero-order valence-electron chi connectivity index (χ0n) is 65.7. The molecule has 3 N–H and O–H groups in total. The van der Waals surface area contributed by atoms with Crippen molar-refractivity contribution in [2.24, 2.45) is 17.8 Å². The van der Waals surface area contributed by atoms with E-state index in [0.717, 1.165) is 108 Å². The first-order chi connectivity index (χ1) is 48.2. The van der Waals surface area contributed by atoms with Crippen molar-refractivity contribution in [2.75, 3.05) is 39.6 Å².